The second-order valence-electron chi connectivity index (χ2n) is 5.09. The van der Waals surface area contributed by atoms with Crippen LogP contribution in [0.2, 0.25) is 0 Å². The predicted octanol–water partition coefficient (Wildman–Crippen LogP) is 3.87. The molecule has 3 aromatic rings. The topological polar surface area (TPSA) is 16.8 Å². The van der Waals surface area contributed by atoms with Crippen molar-refractivity contribution in [1.82, 2.24) is 4.98 Å². The molecule has 0 fully saturated rings. The van der Waals surface area contributed by atoms with Gasteiger partial charge in [0.05, 0.1) is 5.39 Å². The lowest BCUT2D eigenvalue weighted by molar-refractivity contribution is -0.654. The molecule has 0 amide bonds. The van der Waals surface area contributed by atoms with Crippen molar-refractivity contribution >= 4 is 32.5 Å². The average Bonchev–Trinajstić information content (AvgIpc) is 2.72. The van der Waals surface area contributed by atoms with Gasteiger partial charge in [0.15, 0.2) is 5.82 Å². The van der Waals surface area contributed by atoms with Crippen LogP contribution < -0.4 is 4.57 Å². The highest BCUT2D eigenvalue weighted by Crippen LogP contribution is 2.37. The lowest BCUT2D eigenvalue weighted by atomic mass is 10.1. The number of fused-ring (bicyclic) bond motifs is 3. The van der Waals surface area contributed by atoms with E-state index in [1.165, 1.54) is 6.92 Å². The summed E-state index contributed by atoms with van der Waals surface area (Å²) in [6.07, 6.45) is 0.683. The van der Waals surface area contributed by atoms with Gasteiger partial charge in [-0.05, 0) is 13.8 Å². The fourth-order valence-electron chi connectivity index (χ4n) is 2.88. The van der Waals surface area contributed by atoms with Gasteiger partial charge in [-0.25, -0.2) is 9.37 Å². The number of aryl methyl sites for hydroxylation is 3. The van der Waals surface area contributed by atoms with Crippen molar-refractivity contribution in [1.29, 1.82) is 0 Å². The molecule has 0 atom stereocenters. The van der Waals surface area contributed by atoms with Gasteiger partial charge >= 0.3 is 0 Å². The highest BCUT2D eigenvalue weighted by atomic mass is 32.1. The molecule has 0 unspecified atom stereocenters. The maximum atomic E-state index is 14.7. The number of hydrogen-bond donors (Lipinski definition) is 0. The van der Waals surface area contributed by atoms with Crippen LogP contribution in [0, 0.1) is 30.6 Å². The van der Waals surface area contributed by atoms with Crippen molar-refractivity contribution in [2.24, 2.45) is 7.05 Å². The van der Waals surface area contributed by atoms with E-state index in [1.54, 1.807) is 18.5 Å². The molecule has 6 heteroatoms. The Bertz CT molecular complexity index is 900. The lowest BCUT2D eigenvalue weighted by Gasteiger charge is -2.08. The highest BCUT2D eigenvalue weighted by molar-refractivity contribution is 7.17. The SMILES string of the molecule is CCc1c(C)nc2c3c(F)c(F)sc3c(C)c(F)c2[n+]1C. The molecule has 0 saturated carbocycles. The summed E-state index contributed by atoms with van der Waals surface area (Å²) in [4.78, 5) is 4.35. The Balaban J connectivity index is 2.69. The number of rotatable bonds is 1. The van der Waals surface area contributed by atoms with Gasteiger partial charge in [-0.15, -0.1) is 11.3 Å². The third-order valence-electron chi connectivity index (χ3n) is 3.92. The van der Waals surface area contributed by atoms with E-state index < -0.39 is 16.8 Å². The quantitative estimate of drug-likeness (QED) is 0.623. The molecule has 0 aliphatic carbocycles. The normalized spacial score (nSPS) is 11.8. The van der Waals surface area contributed by atoms with Crippen molar-refractivity contribution < 1.29 is 17.7 Å². The Hall–Kier alpha value is -1.69. The van der Waals surface area contributed by atoms with Crippen LogP contribution in [0.4, 0.5) is 13.2 Å². The van der Waals surface area contributed by atoms with Gasteiger partial charge in [0, 0.05) is 16.7 Å². The number of nitrogens with zero attached hydrogens (tertiary/aromatic N) is 2. The van der Waals surface area contributed by atoms with Crippen LogP contribution in [0.3, 0.4) is 0 Å². The monoisotopic (exact) mass is 311 g/mol. The fourth-order valence-corrected chi connectivity index (χ4v) is 3.78. The van der Waals surface area contributed by atoms with E-state index in [1.807, 2.05) is 6.92 Å². The summed E-state index contributed by atoms with van der Waals surface area (Å²) in [6, 6.07) is 0. The van der Waals surface area contributed by atoms with E-state index in [0.717, 1.165) is 5.69 Å². The summed E-state index contributed by atoms with van der Waals surface area (Å²) in [5.74, 6) is -1.41. The zero-order valence-corrected chi connectivity index (χ0v) is 13.0. The Morgan fingerprint density at radius 2 is 1.81 bits per heavy atom. The number of halogens is 3. The zero-order valence-electron chi connectivity index (χ0n) is 12.1. The molecular formula is C15H14F3N2S+. The molecular weight excluding hydrogens is 297 g/mol. The first-order valence-corrected chi connectivity index (χ1v) is 7.44. The maximum Gasteiger partial charge on any atom is 0.268 e. The van der Waals surface area contributed by atoms with Crippen LogP contribution in [0.25, 0.3) is 21.1 Å². The molecule has 21 heavy (non-hydrogen) atoms. The average molecular weight is 311 g/mol. The van der Waals surface area contributed by atoms with Gasteiger partial charge in [0.25, 0.3) is 5.52 Å². The number of benzene rings is 1. The molecule has 0 N–H and O–H groups in total. The zero-order chi connectivity index (χ0) is 15.5. The first-order chi connectivity index (χ1) is 9.88. The lowest BCUT2D eigenvalue weighted by Crippen LogP contribution is -2.37. The Kier molecular flexibility index (Phi) is 3.16. The second-order valence-corrected chi connectivity index (χ2v) is 6.06. The maximum absolute atomic E-state index is 14.7. The molecule has 2 nitrogen and oxygen atoms in total. The summed E-state index contributed by atoms with van der Waals surface area (Å²) in [5.41, 5.74) is 2.23. The van der Waals surface area contributed by atoms with E-state index in [-0.39, 0.29) is 26.7 Å². The van der Waals surface area contributed by atoms with Crippen molar-refractivity contribution in [3.8, 4) is 0 Å². The van der Waals surface area contributed by atoms with E-state index in [0.29, 0.717) is 23.5 Å². The van der Waals surface area contributed by atoms with Gasteiger partial charge in [-0.2, -0.15) is 13.3 Å². The Morgan fingerprint density at radius 3 is 2.43 bits per heavy atom. The minimum absolute atomic E-state index is 0.0766. The summed E-state index contributed by atoms with van der Waals surface area (Å²) in [7, 11) is 1.73. The molecule has 1 aromatic carbocycles. The largest absolute Gasteiger partial charge is 0.268 e. The molecule has 110 valence electrons. The van der Waals surface area contributed by atoms with E-state index >= 15 is 0 Å². The minimum Gasteiger partial charge on any atom is -0.239 e. The third kappa shape index (κ3) is 1.78. The summed E-state index contributed by atoms with van der Waals surface area (Å²) >= 11 is 0.625. The predicted molar refractivity (Wildman–Crippen MR) is 77.0 cm³/mol. The van der Waals surface area contributed by atoms with Gasteiger partial charge < -0.3 is 0 Å². The third-order valence-corrected chi connectivity index (χ3v) is 4.99. The van der Waals surface area contributed by atoms with Gasteiger partial charge in [-0.3, -0.25) is 0 Å². The summed E-state index contributed by atoms with van der Waals surface area (Å²) in [6.45, 7) is 5.28. The first-order valence-electron chi connectivity index (χ1n) is 6.63. The molecule has 0 radical (unpaired) electrons. The molecule has 0 aliphatic rings. The van der Waals surface area contributed by atoms with Crippen LogP contribution in [-0.4, -0.2) is 4.98 Å². The van der Waals surface area contributed by atoms with Crippen LogP contribution in [0.1, 0.15) is 23.9 Å². The van der Waals surface area contributed by atoms with Crippen LogP contribution >= 0.6 is 11.3 Å². The second kappa shape index (κ2) is 4.66. The molecule has 0 saturated heterocycles. The molecule has 0 aliphatic heterocycles. The Labute approximate surface area is 123 Å². The highest BCUT2D eigenvalue weighted by Gasteiger charge is 2.28. The van der Waals surface area contributed by atoms with Crippen LogP contribution in [-0.2, 0) is 13.5 Å². The van der Waals surface area contributed by atoms with Crippen molar-refractivity contribution in [3.63, 3.8) is 0 Å². The fraction of sp³-hybridized carbons (Fsp3) is 0.333. The molecule has 2 heterocycles. The van der Waals surface area contributed by atoms with E-state index in [2.05, 4.69) is 4.98 Å². The van der Waals surface area contributed by atoms with Crippen LogP contribution in [0.15, 0.2) is 0 Å². The number of aromatic nitrogens is 2. The first kappa shape index (κ1) is 14.3. The summed E-state index contributed by atoms with van der Waals surface area (Å²) < 4.78 is 44.4. The van der Waals surface area contributed by atoms with Crippen molar-refractivity contribution in [2.45, 2.75) is 27.2 Å². The number of thiophene rings is 1. The van der Waals surface area contributed by atoms with Crippen molar-refractivity contribution in [2.75, 3.05) is 0 Å². The molecule has 0 spiro atoms. The molecule has 2 aromatic heterocycles. The van der Waals surface area contributed by atoms with Gasteiger partial charge in [-0.1, -0.05) is 6.92 Å². The van der Waals surface area contributed by atoms with E-state index in [9.17, 15) is 13.2 Å². The standard InChI is InChI=1S/C15H14F3N2S/c1-5-8-7(3)19-12-9-11(17)15(18)21-14(9)6(2)10(16)13(12)20(8)4/h5H2,1-4H3/q+1. The Morgan fingerprint density at radius 1 is 1.14 bits per heavy atom. The minimum atomic E-state index is -0.945. The summed E-state index contributed by atoms with van der Waals surface area (Å²) in [5, 5.41) is -0.852. The van der Waals surface area contributed by atoms with Crippen LogP contribution in [0.5, 0.6) is 0 Å². The molecule has 0 bridgehead atoms. The van der Waals surface area contributed by atoms with Crippen molar-refractivity contribution in [3.05, 3.63) is 33.7 Å². The van der Waals surface area contributed by atoms with E-state index in [4.69, 9.17) is 0 Å². The molecule has 3 rings (SSSR count). The van der Waals surface area contributed by atoms with Gasteiger partial charge in [0.2, 0.25) is 16.6 Å². The number of hydrogen-bond acceptors (Lipinski definition) is 2. The van der Waals surface area contributed by atoms with Gasteiger partial charge in [0.1, 0.15) is 18.3 Å². The smallest absolute Gasteiger partial charge is 0.239 e.